The van der Waals surface area contributed by atoms with Gasteiger partial charge in [-0.3, -0.25) is 14.4 Å². The number of phenols is 2. The molecule has 0 unspecified atom stereocenters. The van der Waals surface area contributed by atoms with E-state index < -0.39 is 72.3 Å². The number of fused-ring (bicyclic) bond motifs is 1. The van der Waals surface area contributed by atoms with Gasteiger partial charge in [0.2, 0.25) is 5.91 Å². The third-order valence-corrected chi connectivity index (χ3v) is 9.76. The lowest BCUT2D eigenvalue weighted by molar-refractivity contribution is -0.156. The SMILES string of the molecule is C[C@]1(/C=N/NC(=O)[C@H](Cc2ccccc2)NC(=O)c2ccc(O)c(O)c2Cl)[C@H](C(=O)O)N2C(=O)C[C@H]2S1(=O)=O. The second-order valence-corrected chi connectivity index (χ2v) is 12.1. The number of amides is 3. The summed E-state index contributed by atoms with van der Waals surface area (Å²) in [5, 5.41) is 33.5. The number of phenolic OH excluding ortho intramolecular Hbond substituents is 2. The Kier molecular flexibility index (Phi) is 7.27. The van der Waals surface area contributed by atoms with Gasteiger partial charge < -0.3 is 25.5 Å². The highest BCUT2D eigenvalue weighted by Crippen LogP contribution is 2.45. The number of rotatable bonds is 8. The van der Waals surface area contributed by atoms with Crippen LogP contribution in [0.5, 0.6) is 11.5 Å². The number of carboxylic acid groups (broad SMARTS) is 1. The average molecular weight is 579 g/mol. The lowest BCUT2D eigenvalue weighted by Gasteiger charge is -2.35. The number of β-lactam (4-membered cyclic amide) rings is 1. The minimum Gasteiger partial charge on any atom is -0.504 e. The van der Waals surface area contributed by atoms with Gasteiger partial charge in [-0.25, -0.2) is 18.6 Å². The summed E-state index contributed by atoms with van der Waals surface area (Å²) in [4.78, 5) is 50.6. The molecule has 3 amide bonds. The summed E-state index contributed by atoms with van der Waals surface area (Å²) in [6, 6.07) is 7.72. The molecule has 0 bridgehead atoms. The Morgan fingerprint density at radius 3 is 2.49 bits per heavy atom. The fourth-order valence-electron chi connectivity index (χ4n) is 4.53. The summed E-state index contributed by atoms with van der Waals surface area (Å²) >= 11 is 5.97. The Bertz CT molecular complexity index is 1500. The van der Waals surface area contributed by atoms with Crippen molar-refractivity contribution in [3.8, 4) is 11.5 Å². The van der Waals surface area contributed by atoms with Crippen LogP contribution in [0.25, 0.3) is 0 Å². The first-order valence-corrected chi connectivity index (χ1v) is 13.4. The number of sulfone groups is 1. The maximum Gasteiger partial charge on any atom is 0.328 e. The monoisotopic (exact) mass is 578 g/mol. The average Bonchev–Trinajstić information content (AvgIpc) is 3.02. The Morgan fingerprint density at radius 2 is 1.87 bits per heavy atom. The van der Waals surface area contributed by atoms with E-state index in [4.69, 9.17) is 11.6 Å². The third kappa shape index (κ3) is 4.76. The van der Waals surface area contributed by atoms with Crippen LogP contribution in [0.2, 0.25) is 5.02 Å². The molecule has 39 heavy (non-hydrogen) atoms. The molecule has 4 atom stereocenters. The van der Waals surface area contributed by atoms with Crippen molar-refractivity contribution in [1.29, 1.82) is 0 Å². The number of hydrogen-bond donors (Lipinski definition) is 5. The third-order valence-electron chi connectivity index (χ3n) is 6.71. The molecule has 0 aliphatic carbocycles. The Labute approximate surface area is 227 Å². The molecule has 2 fully saturated rings. The molecule has 0 radical (unpaired) electrons. The van der Waals surface area contributed by atoms with Crippen molar-refractivity contribution in [3.05, 3.63) is 58.6 Å². The van der Waals surface area contributed by atoms with Gasteiger partial charge in [-0.05, 0) is 24.6 Å². The fourth-order valence-corrected chi connectivity index (χ4v) is 6.99. The van der Waals surface area contributed by atoms with Crippen LogP contribution in [0.4, 0.5) is 0 Å². The molecule has 4 rings (SSSR count). The lowest BCUT2D eigenvalue weighted by atomic mass is 9.97. The van der Waals surface area contributed by atoms with Crippen molar-refractivity contribution in [2.45, 2.75) is 42.0 Å². The van der Waals surface area contributed by atoms with Gasteiger partial charge in [0.1, 0.15) is 16.2 Å². The van der Waals surface area contributed by atoms with Gasteiger partial charge in [-0.2, -0.15) is 5.10 Å². The number of hydrazone groups is 1. The zero-order valence-electron chi connectivity index (χ0n) is 20.2. The second-order valence-electron chi connectivity index (χ2n) is 9.17. The number of carboxylic acids is 1. The highest BCUT2D eigenvalue weighted by atomic mass is 35.5. The van der Waals surface area contributed by atoms with Crippen LogP contribution in [-0.4, -0.2) is 80.7 Å². The van der Waals surface area contributed by atoms with Crippen molar-refractivity contribution in [3.63, 3.8) is 0 Å². The predicted molar refractivity (Wildman–Crippen MR) is 137 cm³/mol. The molecule has 206 valence electrons. The summed E-state index contributed by atoms with van der Waals surface area (Å²) < 4.78 is 23.9. The summed E-state index contributed by atoms with van der Waals surface area (Å²) in [7, 11) is -4.19. The zero-order valence-corrected chi connectivity index (χ0v) is 21.8. The van der Waals surface area contributed by atoms with E-state index in [1.807, 2.05) is 0 Å². The van der Waals surface area contributed by atoms with E-state index in [1.165, 1.54) is 0 Å². The normalized spacial score (nSPS) is 24.1. The Hall–Kier alpha value is -4.17. The Balaban J connectivity index is 1.58. The summed E-state index contributed by atoms with van der Waals surface area (Å²) in [5.41, 5.74) is 2.55. The van der Waals surface area contributed by atoms with Gasteiger partial charge in [-0.15, -0.1) is 0 Å². The van der Waals surface area contributed by atoms with Crippen molar-refractivity contribution in [2.24, 2.45) is 5.10 Å². The van der Waals surface area contributed by atoms with Crippen LogP contribution < -0.4 is 10.7 Å². The van der Waals surface area contributed by atoms with E-state index in [2.05, 4.69) is 15.8 Å². The van der Waals surface area contributed by atoms with E-state index >= 15 is 0 Å². The minimum atomic E-state index is -4.19. The van der Waals surface area contributed by atoms with Gasteiger partial charge in [-0.1, -0.05) is 41.9 Å². The van der Waals surface area contributed by atoms with E-state index in [1.54, 1.807) is 30.3 Å². The van der Waals surface area contributed by atoms with Crippen LogP contribution in [-0.2, 0) is 30.6 Å². The molecular weight excluding hydrogens is 556 g/mol. The number of nitrogens with zero attached hydrogens (tertiary/aromatic N) is 2. The fraction of sp³-hybridized carbons (Fsp3) is 0.292. The topological polar surface area (TPSA) is 203 Å². The molecule has 2 aromatic carbocycles. The van der Waals surface area contributed by atoms with E-state index in [-0.39, 0.29) is 18.4 Å². The predicted octanol–water partition coefficient (Wildman–Crippen LogP) is 0.393. The zero-order chi connectivity index (χ0) is 28.7. The van der Waals surface area contributed by atoms with Gasteiger partial charge in [0.25, 0.3) is 11.8 Å². The first kappa shape index (κ1) is 27.9. The molecule has 0 saturated carbocycles. The van der Waals surface area contributed by atoms with E-state index in [9.17, 15) is 42.9 Å². The highest BCUT2D eigenvalue weighted by molar-refractivity contribution is 7.94. The number of carbonyl (C=O) groups excluding carboxylic acids is 3. The van der Waals surface area contributed by atoms with Crippen LogP contribution in [0.15, 0.2) is 47.6 Å². The quantitative estimate of drug-likeness (QED) is 0.127. The second kappa shape index (κ2) is 10.2. The van der Waals surface area contributed by atoms with Crippen LogP contribution in [0.3, 0.4) is 0 Å². The number of aliphatic carboxylic acids is 1. The summed E-state index contributed by atoms with van der Waals surface area (Å²) in [5.74, 6) is -5.19. The molecule has 2 aliphatic rings. The molecule has 5 N–H and O–H groups in total. The van der Waals surface area contributed by atoms with Gasteiger partial charge in [0, 0.05) is 12.6 Å². The molecule has 15 heteroatoms. The standard InChI is InChI=1S/C24H23ClN4O9S/c1-24(20(23(35)36)29-16(31)10-17(29)39(24,37)38)11-26-28-22(34)14(9-12-5-3-2-4-6-12)27-21(33)13-7-8-15(30)19(32)18(13)25/h2-8,11,14,17,20,30,32H,9-10H2,1H3,(H,27,33)(H,28,34)(H,35,36)/b26-11+/t14-,17+,20-,24-/m0/s1. The number of carbonyl (C=O) groups is 4. The lowest BCUT2D eigenvalue weighted by Crippen LogP contribution is -2.57. The number of nitrogens with one attached hydrogen (secondary N) is 2. The molecule has 0 aromatic heterocycles. The number of aromatic hydroxyl groups is 2. The summed E-state index contributed by atoms with van der Waals surface area (Å²) in [6.07, 6.45) is 0.386. The van der Waals surface area contributed by atoms with Gasteiger partial charge in [0.05, 0.1) is 17.0 Å². The molecule has 2 heterocycles. The van der Waals surface area contributed by atoms with Crippen LogP contribution >= 0.6 is 11.6 Å². The molecule has 13 nitrogen and oxygen atoms in total. The molecule has 2 aliphatic heterocycles. The smallest absolute Gasteiger partial charge is 0.328 e. The largest absolute Gasteiger partial charge is 0.504 e. The minimum absolute atomic E-state index is 0.0344. The molecule has 0 spiro atoms. The molecular formula is C24H23ClN4O9S. The number of halogens is 1. The van der Waals surface area contributed by atoms with Crippen molar-refractivity contribution in [2.75, 3.05) is 0 Å². The van der Waals surface area contributed by atoms with Crippen molar-refractivity contribution in [1.82, 2.24) is 15.6 Å². The summed E-state index contributed by atoms with van der Waals surface area (Å²) in [6.45, 7) is 1.10. The van der Waals surface area contributed by atoms with Crippen LogP contribution in [0.1, 0.15) is 29.3 Å². The van der Waals surface area contributed by atoms with Crippen molar-refractivity contribution >= 4 is 51.3 Å². The Morgan fingerprint density at radius 1 is 1.21 bits per heavy atom. The number of hydrogen-bond acceptors (Lipinski definition) is 9. The van der Waals surface area contributed by atoms with E-state index in [0.29, 0.717) is 5.56 Å². The maximum absolute atomic E-state index is 13.1. The molecule has 2 aromatic rings. The van der Waals surface area contributed by atoms with Crippen LogP contribution in [0, 0.1) is 0 Å². The maximum atomic E-state index is 13.1. The first-order valence-electron chi connectivity index (χ1n) is 11.5. The van der Waals surface area contributed by atoms with E-state index in [0.717, 1.165) is 30.2 Å². The van der Waals surface area contributed by atoms with Crippen molar-refractivity contribution < 1.29 is 42.9 Å². The number of benzene rings is 2. The first-order chi connectivity index (χ1) is 18.3. The van der Waals surface area contributed by atoms with Gasteiger partial charge >= 0.3 is 5.97 Å². The highest BCUT2D eigenvalue weighted by Gasteiger charge is 2.69. The van der Waals surface area contributed by atoms with Gasteiger partial charge in [0.15, 0.2) is 27.4 Å². The molecule has 2 saturated heterocycles.